The van der Waals surface area contributed by atoms with Crippen molar-refractivity contribution in [3.8, 4) is 0 Å². The quantitative estimate of drug-likeness (QED) is 0.579. The van der Waals surface area contributed by atoms with Gasteiger partial charge in [-0.15, -0.1) is 0 Å². The lowest BCUT2D eigenvalue weighted by atomic mass is 9.85. The fraction of sp³-hybridized carbons (Fsp3) is 0.571. The molecule has 3 amide bonds. The van der Waals surface area contributed by atoms with Crippen molar-refractivity contribution in [3.05, 3.63) is 34.2 Å². The summed E-state index contributed by atoms with van der Waals surface area (Å²) in [6, 6.07) is 3.03. The normalized spacial score (nSPS) is 21.1. The zero-order valence-corrected chi connectivity index (χ0v) is 17.7. The van der Waals surface area contributed by atoms with Gasteiger partial charge in [0.15, 0.2) is 0 Å². The van der Waals surface area contributed by atoms with E-state index in [2.05, 4.69) is 10.6 Å². The smallest absolute Gasteiger partial charge is 0.290 e. The molecule has 1 aromatic heterocycles. The first-order valence-corrected chi connectivity index (χ1v) is 10.5. The SMILES string of the molecule is CCn1ccc(C(=O)NC2CCC(C(=O)N3CCNC(=O)CC3)CC2)cc1=O.O=CO. The van der Waals surface area contributed by atoms with Crippen LogP contribution < -0.4 is 16.2 Å². The van der Waals surface area contributed by atoms with E-state index in [0.717, 1.165) is 25.7 Å². The van der Waals surface area contributed by atoms with Gasteiger partial charge in [0.25, 0.3) is 17.9 Å². The summed E-state index contributed by atoms with van der Waals surface area (Å²) < 4.78 is 1.54. The molecule has 1 aliphatic carbocycles. The molecule has 3 rings (SSSR count). The monoisotopic (exact) mass is 434 g/mol. The molecule has 0 bridgehead atoms. The van der Waals surface area contributed by atoms with Gasteiger partial charge in [-0.05, 0) is 38.7 Å². The van der Waals surface area contributed by atoms with E-state index < -0.39 is 0 Å². The molecule has 2 heterocycles. The molecular formula is C21H30N4O6. The van der Waals surface area contributed by atoms with Crippen LogP contribution in [0.5, 0.6) is 0 Å². The molecule has 31 heavy (non-hydrogen) atoms. The van der Waals surface area contributed by atoms with E-state index in [0.29, 0.717) is 38.2 Å². The van der Waals surface area contributed by atoms with Crippen LogP contribution >= 0.6 is 0 Å². The Bertz CT molecular complexity index is 845. The molecule has 0 radical (unpaired) electrons. The van der Waals surface area contributed by atoms with Crippen molar-refractivity contribution in [3.63, 3.8) is 0 Å². The lowest BCUT2D eigenvalue weighted by Gasteiger charge is -2.31. The van der Waals surface area contributed by atoms with Gasteiger partial charge in [0.1, 0.15) is 0 Å². The first-order chi connectivity index (χ1) is 14.9. The molecule has 1 saturated carbocycles. The minimum Gasteiger partial charge on any atom is -0.483 e. The lowest BCUT2D eigenvalue weighted by molar-refractivity contribution is -0.136. The molecule has 1 aliphatic heterocycles. The Morgan fingerprint density at radius 1 is 1.23 bits per heavy atom. The lowest BCUT2D eigenvalue weighted by Crippen LogP contribution is -2.43. The molecular weight excluding hydrogens is 404 g/mol. The molecule has 10 nitrogen and oxygen atoms in total. The molecule has 0 unspecified atom stereocenters. The zero-order chi connectivity index (χ0) is 22.8. The van der Waals surface area contributed by atoms with Crippen LogP contribution in [-0.4, -0.2) is 64.4 Å². The predicted octanol–water partition coefficient (Wildman–Crippen LogP) is 0.206. The van der Waals surface area contributed by atoms with Gasteiger partial charge in [-0.3, -0.25) is 24.0 Å². The summed E-state index contributed by atoms with van der Waals surface area (Å²) in [4.78, 5) is 58.6. The number of hydrogen-bond donors (Lipinski definition) is 3. The Morgan fingerprint density at radius 3 is 2.52 bits per heavy atom. The van der Waals surface area contributed by atoms with Gasteiger partial charge in [0.05, 0.1) is 0 Å². The van der Waals surface area contributed by atoms with Gasteiger partial charge in [0, 0.05) is 62.4 Å². The second kappa shape index (κ2) is 11.9. The summed E-state index contributed by atoms with van der Waals surface area (Å²) in [5, 5.41) is 12.7. The summed E-state index contributed by atoms with van der Waals surface area (Å²) in [6.07, 6.45) is 4.90. The third-order valence-electron chi connectivity index (χ3n) is 5.63. The zero-order valence-electron chi connectivity index (χ0n) is 17.7. The summed E-state index contributed by atoms with van der Waals surface area (Å²) in [6.45, 7) is 3.74. The van der Waals surface area contributed by atoms with Gasteiger partial charge >= 0.3 is 0 Å². The molecule has 3 N–H and O–H groups in total. The fourth-order valence-corrected chi connectivity index (χ4v) is 3.91. The molecule has 10 heteroatoms. The van der Waals surface area contributed by atoms with Gasteiger partial charge in [-0.2, -0.15) is 0 Å². The van der Waals surface area contributed by atoms with Crippen LogP contribution in [0, 0.1) is 5.92 Å². The largest absolute Gasteiger partial charge is 0.483 e. The second-order valence-electron chi connectivity index (χ2n) is 7.59. The Balaban J connectivity index is 0.00000107. The van der Waals surface area contributed by atoms with Gasteiger partial charge in [0.2, 0.25) is 11.8 Å². The second-order valence-corrected chi connectivity index (χ2v) is 7.59. The third-order valence-corrected chi connectivity index (χ3v) is 5.63. The molecule has 1 aromatic rings. The van der Waals surface area contributed by atoms with Crippen molar-refractivity contribution in [2.75, 3.05) is 19.6 Å². The highest BCUT2D eigenvalue weighted by molar-refractivity contribution is 5.94. The number of amides is 3. The highest BCUT2D eigenvalue weighted by atomic mass is 16.3. The van der Waals surface area contributed by atoms with Crippen molar-refractivity contribution in [1.82, 2.24) is 20.1 Å². The van der Waals surface area contributed by atoms with Crippen LogP contribution in [0.2, 0.25) is 0 Å². The number of aryl methyl sites for hydroxylation is 1. The number of nitrogens with zero attached hydrogens (tertiary/aromatic N) is 2. The Labute approximate surface area is 180 Å². The summed E-state index contributed by atoms with van der Waals surface area (Å²) >= 11 is 0. The Hall–Kier alpha value is -3.17. The van der Waals surface area contributed by atoms with E-state index in [1.54, 1.807) is 21.7 Å². The van der Waals surface area contributed by atoms with Crippen molar-refractivity contribution >= 4 is 24.2 Å². The van der Waals surface area contributed by atoms with Crippen LogP contribution in [-0.2, 0) is 20.9 Å². The number of carbonyl (C=O) groups is 4. The summed E-state index contributed by atoms with van der Waals surface area (Å²) in [7, 11) is 0. The Morgan fingerprint density at radius 2 is 1.90 bits per heavy atom. The van der Waals surface area contributed by atoms with Crippen LogP contribution in [0.4, 0.5) is 0 Å². The minimum atomic E-state index is -0.250. The number of carbonyl (C=O) groups excluding carboxylic acids is 3. The number of pyridine rings is 1. The number of rotatable bonds is 4. The van der Waals surface area contributed by atoms with Crippen LogP contribution in [0.1, 0.15) is 49.4 Å². The fourth-order valence-electron chi connectivity index (χ4n) is 3.91. The van der Waals surface area contributed by atoms with E-state index in [4.69, 9.17) is 9.90 Å². The summed E-state index contributed by atoms with van der Waals surface area (Å²) in [5.41, 5.74) is 0.185. The number of hydrogen-bond acceptors (Lipinski definition) is 5. The third kappa shape index (κ3) is 6.94. The van der Waals surface area contributed by atoms with Crippen LogP contribution in [0.3, 0.4) is 0 Å². The molecule has 170 valence electrons. The van der Waals surface area contributed by atoms with E-state index in [9.17, 15) is 19.2 Å². The van der Waals surface area contributed by atoms with Crippen LogP contribution in [0.15, 0.2) is 23.1 Å². The predicted molar refractivity (Wildman–Crippen MR) is 112 cm³/mol. The molecule has 2 aliphatic rings. The maximum atomic E-state index is 12.7. The van der Waals surface area contributed by atoms with Crippen LogP contribution in [0.25, 0.3) is 0 Å². The van der Waals surface area contributed by atoms with E-state index >= 15 is 0 Å². The maximum Gasteiger partial charge on any atom is 0.290 e. The molecule has 2 fully saturated rings. The highest BCUT2D eigenvalue weighted by Crippen LogP contribution is 2.26. The molecule has 0 spiro atoms. The van der Waals surface area contributed by atoms with Crippen molar-refractivity contribution in [2.24, 2.45) is 5.92 Å². The topological polar surface area (TPSA) is 138 Å². The van der Waals surface area contributed by atoms with E-state index in [1.165, 1.54) is 6.07 Å². The average molecular weight is 434 g/mol. The molecule has 0 atom stereocenters. The molecule has 1 saturated heterocycles. The number of aromatic nitrogens is 1. The standard InChI is InChI=1S/C20H28N4O4.CH2O2/c1-2-23-10-7-15(13-18(23)26)19(27)22-16-5-3-14(4-6-16)20(28)24-11-8-17(25)21-9-12-24;2-1-3/h7,10,13-14,16H,2-6,8-9,11-12H2,1H3,(H,21,25)(H,22,27);1H,(H,2,3). The van der Waals surface area contributed by atoms with Gasteiger partial charge < -0.3 is 25.2 Å². The van der Waals surface area contributed by atoms with Crippen molar-refractivity contribution < 1.29 is 24.3 Å². The van der Waals surface area contributed by atoms with Crippen molar-refractivity contribution in [2.45, 2.75) is 51.6 Å². The molecule has 0 aromatic carbocycles. The van der Waals surface area contributed by atoms with E-state index in [-0.39, 0.29) is 41.7 Å². The first kappa shape index (κ1) is 24.1. The average Bonchev–Trinajstić information content (AvgIpc) is 2.98. The maximum absolute atomic E-state index is 12.7. The van der Waals surface area contributed by atoms with Gasteiger partial charge in [-0.25, -0.2) is 0 Å². The van der Waals surface area contributed by atoms with Gasteiger partial charge in [-0.1, -0.05) is 0 Å². The number of carboxylic acid groups (broad SMARTS) is 1. The highest BCUT2D eigenvalue weighted by Gasteiger charge is 2.31. The summed E-state index contributed by atoms with van der Waals surface area (Å²) in [5.74, 6) is -0.181. The number of nitrogens with one attached hydrogen (secondary N) is 2. The first-order valence-electron chi connectivity index (χ1n) is 10.5. The minimum absolute atomic E-state index is 0.00618. The van der Waals surface area contributed by atoms with E-state index in [1.807, 2.05) is 6.92 Å². The van der Waals surface area contributed by atoms with Crippen molar-refractivity contribution in [1.29, 1.82) is 0 Å². The Kier molecular flexibility index (Phi) is 9.23.